The van der Waals surface area contributed by atoms with Gasteiger partial charge < -0.3 is 4.42 Å². The highest BCUT2D eigenvalue weighted by molar-refractivity contribution is 6.10. The molecule has 0 saturated carbocycles. The summed E-state index contributed by atoms with van der Waals surface area (Å²) < 4.78 is 8.85. The molecule has 0 aliphatic rings. The molecule has 0 atom stereocenters. The molecule has 0 spiro atoms. The maximum atomic E-state index is 7.46. The van der Waals surface area contributed by atoms with Crippen LogP contribution in [0.25, 0.3) is 66.0 Å². The quantitative estimate of drug-likeness (QED) is 0.202. The lowest BCUT2D eigenvalue weighted by Crippen LogP contribution is -2.09. The Morgan fingerprint density at radius 3 is 2.14 bits per heavy atom. The number of rotatable bonds is 5. The van der Waals surface area contributed by atoms with Gasteiger partial charge in [0.2, 0.25) is 0 Å². The third kappa shape index (κ3) is 4.09. The smallest absolute Gasteiger partial charge is 0.190 e. The molecule has 204 valence electrons. The lowest BCUT2D eigenvalue weighted by atomic mass is 9.88. The number of aromatic nitrogens is 2. The van der Waals surface area contributed by atoms with Gasteiger partial charge in [0.15, 0.2) is 5.69 Å². The zero-order chi connectivity index (χ0) is 29.0. The van der Waals surface area contributed by atoms with Crippen molar-refractivity contribution in [3.63, 3.8) is 0 Å². The second-order valence-corrected chi connectivity index (χ2v) is 11.5. The van der Waals surface area contributed by atoms with Crippen LogP contribution in [0.15, 0.2) is 108 Å². The van der Waals surface area contributed by atoms with Crippen molar-refractivity contribution in [3.8, 4) is 28.2 Å². The molecule has 4 nitrogen and oxygen atoms in total. The summed E-state index contributed by atoms with van der Waals surface area (Å²) >= 11 is 0. The fraction of sp³-hybridized carbons (Fsp3) is 0.158. The summed E-state index contributed by atoms with van der Waals surface area (Å²) in [5.74, 6) is 1.41. The average molecular weight is 546 g/mol. The molecule has 0 unspecified atom stereocenters. The molecule has 7 rings (SSSR count). The highest BCUT2D eigenvalue weighted by Crippen LogP contribution is 2.42. The first-order chi connectivity index (χ1) is 20.4. The van der Waals surface area contributed by atoms with E-state index in [4.69, 9.17) is 16.0 Å². The zero-order valence-corrected chi connectivity index (χ0v) is 24.2. The van der Waals surface area contributed by atoms with Crippen molar-refractivity contribution in [2.45, 2.75) is 39.5 Å². The summed E-state index contributed by atoms with van der Waals surface area (Å²) in [5.41, 5.74) is 11.2. The standard InChI is InChI=1S/C38H31N3O/c1-23(2)31-20-26(25-12-7-6-8-13-25)21-32(24(3)4)36(31)41-34-17-10-9-16-33(34)40-38(41)30-15-11-14-29-28-19-18-27(39-5)22-35(28)42-37(29)30/h6-24H,1-4H3. The normalized spacial score (nSPS) is 11.7. The molecule has 4 heteroatoms. The topological polar surface area (TPSA) is 35.3 Å². The minimum absolute atomic E-state index is 0.282. The van der Waals surface area contributed by atoms with Crippen molar-refractivity contribution >= 4 is 38.7 Å². The number of para-hydroxylation sites is 3. The monoisotopic (exact) mass is 545 g/mol. The van der Waals surface area contributed by atoms with Crippen LogP contribution in [-0.2, 0) is 0 Å². The van der Waals surface area contributed by atoms with Gasteiger partial charge >= 0.3 is 0 Å². The van der Waals surface area contributed by atoms with E-state index in [0.29, 0.717) is 11.3 Å². The fourth-order valence-electron chi connectivity index (χ4n) is 6.08. The van der Waals surface area contributed by atoms with E-state index in [1.165, 1.54) is 27.9 Å². The summed E-state index contributed by atoms with van der Waals surface area (Å²) in [6.07, 6.45) is 0. The van der Waals surface area contributed by atoms with Gasteiger partial charge in [-0.05, 0) is 70.5 Å². The van der Waals surface area contributed by atoms with E-state index in [0.717, 1.165) is 38.8 Å². The van der Waals surface area contributed by atoms with E-state index in [-0.39, 0.29) is 11.8 Å². The number of hydrogen-bond acceptors (Lipinski definition) is 2. The zero-order valence-electron chi connectivity index (χ0n) is 24.2. The third-order valence-corrected chi connectivity index (χ3v) is 8.16. The van der Waals surface area contributed by atoms with Gasteiger partial charge in [-0.15, -0.1) is 0 Å². The second-order valence-electron chi connectivity index (χ2n) is 11.5. The van der Waals surface area contributed by atoms with Crippen LogP contribution >= 0.6 is 0 Å². The Bertz CT molecular complexity index is 2130. The molecule has 42 heavy (non-hydrogen) atoms. The molecule has 0 aliphatic heterocycles. The van der Waals surface area contributed by atoms with Crippen LogP contribution in [0, 0.1) is 6.57 Å². The molecule has 5 aromatic carbocycles. The Morgan fingerprint density at radius 2 is 1.43 bits per heavy atom. The van der Waals surface area contributed by atoms with E-state index < -0.39 is 0 Å². The summed E-state index contributed by atoms with van der Waals surface area (Å²) in [6, 6.07) is 35.6. The number of furan rings is 1. The Hall–Kier alpha value is -5.14. The van der Waals surface area contributed by atoms with Gasteiger partial charge in [-0.1, -0.05) is 94.4 Å². The predicted molar refractivity (Wildman–Crippen MR) is 174 cm³/mol. The van der Waals surface area contributed by atoms with Gasteiger partial charge in [-0.2, -0.15) is 0 Å². The summed E-state index contributed by atoms with van der Waals surface area (Å²) in [6.45, 7) is 16.5. The van der Waals surface area contributed by atoms with Crippen LogP contribution in [0.4, 0.5) is 5.69 Å². The maximum Gasteiger partial charge on any atom is 0.190 e. The molecule has 7 aromatic rings. The molecule has 2 heterocycles. The van der Waals surface area contributed by atoms with E-state index >= 15 is 0 Å². The van der Waals surface area contributed by atoms with E-state index in [1.807, 2.05) is 24.3 Å². The van der Waals surface area contributed by atoms with Gasteiger partial charge in [0.05, 0.1) is 28.9 Å². The molecule has 0 radical (unpaired) electrons. The van der Waals surface area contributed by atoms with E-state index in [2.05, 4.69) is 116 Å². The SMILES string of the molecule is [C-]#[N+]c1ccc2c(c1)oc1c(-c3nc4ccccc4n3-c3c(C(C)C)cc(-c4ccccc4)cc3C(C)C)cccc12. The van der Waals surface area contributed by atoms with Crippen molar-refractivity contribution in [3.05, 3.63) is 126 Å². The van der Waals surface area contributed by atoms with Crippen molar-refractivity contribution < 1.29 is 4.42 Å². The first-order valence-electron chi connectivity index (χ1n) is 14.5. The number of benzene rings is 5. The Balaban J connectivity index is 1.58. The largest absolute Gasteiger partial charge is 0.457 e. The first kappa shape index (κ1) is 25.8. The van der Waals surface area contributed by atoms with Crippen molar-refractivity contribution in [1.29, 1.82) is 0 Å². The van der Waals surface area contributed by atoms with E-state index in [9.17, 15) is 0 Å². The number of hydrogen-bond donors (Lipinski definition) is 0. The van der Waals surface area contributed by atoms with Crippen molar-refractivity contribution in [2.75, 3.05) is 0 Å². The molecular formula is C38H31N3O. The highest BCUT2D eigenvalue weighted by Gasteiger charge is 2.25. The van der Waals surface area contributed by atoms with Crippen LogP contribution in [0.1, 0.15) is 50.7 Å². The molecule has 0 saturated heterocycles. The molecule has 0 fully saturated rings. The molecule has 0 aliphatic carbocycles. The summed E-state index contributed by atoms with van der Waals surface area (Å²) in [4.78, 5) is 8.86. The maximum absolute atomic E-state index is 7.46. The average Bonchev–Trinajstić information content (AvgIpc) is 3.58. The third-order valence-electron chi connectivity index (χ3n) is 8.16. The minimum Gasteiger partial charge on any atom is -0.457 e. The number of imidazole rings is 1. The van der Waals surface area contributed by atoms with Crippen LogP contribution in [-0.4, -0.2) is 9.55 Å². The Kier molecular flexibility index (Phi) is 6.17. The Morgan fingerprint density at radius 1 is 0.714 bits per heavy atom. The van der Waals surface area contributed by atoms with E-state index in [1.54, 1.807) is 0 Å². The molecule has 2 aromatic heterocycles. The minimum atomic E-state index is 0.282. The number of nitrogens with zero attached hydrogens (tertiary/aromatic N) is 3. The van der Waals surface area contributed by atoms with Crippen molar-refractivity contribution in [1.82, 2.24) is 9.55 Å². The van der Waals surface area contributed by atoms with Crippen LogP contribution in [0.2, 0.25) is 0 Å². The molecule has 0 amide bonds. The van der Waals surface area contributed by atoms with Gasteiger partial charge in [-0.25, -0.2) is 9.83 Å². The van der Waals surface area contributed by atoms with Crippen LogP contribution in [0.3, 0.4) is 0 Å². The fourth-order valence-corrected chi connectivity index (χ4v) is 6.08. The Labute approximate surface area is 245 Å². The van der Waals surface area contributed by atoms with Gasteiger partial charge in [-0.3, -0.25) is 4.57 Å². The molecule has 0 N–H and O–H groups in total. The highest BCUT2D eigenvalue weighted by atomic mass is 16.3. The molecule has 0 bridgehead atoms. The first-order valence-corrected chi connectivity index (χ1v) is 14.5. The summed E-state index contributed by atoms with van der Waals surface area (Å²) in [7, 11) is 0. The predicted octanol–water partition coefficient (Wildman–Crippen LogP) is 11.1. The van der Waals surface area contributed by atoms with Gasteiger partial charge in [0.1, 0.15) is 17.0 Å². The lowest BCUT2D eigenvalue weighted by molar-refractivity contribution is 0.669. The second kappa shape index (κ2) is 10.0. The summed E-state index contributed by atoms with van der Waals surface area (Å²) in [5, 5.41) is 2.02. The lowest BCUT2D eigenvalue weighted by Gasteiger charge is -2.24. The van der Waals surface area contributed by atoms with Crippen LogP contribution in [0.5, 0.6) is 0 Å². The van der Waals surface area contributed by atoms with Gasteiger partial charge in [0, 0.05) is 10.8 Å². The van der Waals surface area contributed by atoms with Crippen LogP contribution < -0.4 is 0 Å². The van der Waals surface area contributed by atoms with Crippen molar-refractivity contribution in [2.24, 2.45) is 0 Å². The van der Waals surface area contributed by atoms with Gasteiger partial charge in [0.25, 0.3) is 0 Å². The molecular weight excluding hydrogens is 514 g/mol. The number of fused-ring (bicyclic) bond motifs is 4.